The van der Waals surface area contributed by atoms with E-state index >= 15 is 0 Å². The number of aryl methyl sites for hydroxylation is 2. The average molecular weight is 509 g/mol. The van der Waals surface area contributed by atoms with Gasteiger partial charge in [0.2, 0.25) is 0 Å². The highest BCUT2D eigenvalue weighted by atomic mass is 16.5. The fourth-order valence-corrected chi connectivity index (χ4v) is 5.75. The fraction of sp³-hybridized carbons (Fsp3) is 0.552. The first-order chi connectivity index (χ1) is 17.9. The zero-order chi connectivity index (χ0) is 26.2. The number of pyridine rings is 1. The number of hydrogen-bond donors (Lipinski definition) is 3. The summed E-state index contributed by atoms with van der Waals surface area (Å²) in [7, 11) is 1.64. The molecule has 200 valence electrons. The first kappa shape index (κ1) is 27.1. The number of methoxy groups -OCH3 is 1. The Hall–Kier alpha value is -2.97. The van der Waals surface area contributed by atoms with Crippen LogP contribution in [-0.2, 0) is 11.2 Å². The summed E-state index contributed by atoms with van der Waals surface area (Å²) in [5, 5.41) is 28.5. The number of aliphatic hydroxyl groups excluding tert-OH is 1. The van der Waals surface area contributed by atoms with E-state index in [2.05, 4.69) is 20.1 Å². The van der Waals surface area contributed by atoms with E-state index in [1.807, 2.05) is 37.4 Å². The number of aromatic nitrogens is 3. The van der Waals surface area contributed by atoms with Gasteiger partial charge >= 0.3 is 5.97 Å². The second-order valence-electron chi connectivity index (χ2n) is 10.4. The van der Waals surface area contributed by atoms with Crippen LogP contribution in [0, 0.1) is 18.8 Å². The van der Waals surface area contributed by atoms with Crippen LogP contribution in [0.3, 0.4) is 0 Å². The lowest BCUT2D eigenvalue weighted by molar-refractivity contribution is -0.137. The van der Waals surface area contributed by atoms with Gasteiger partial charge < -0.3 is 19.8 Å². The third kappa shape index (κ3) is 7.29. The monoisotopic (exact) mass is 508 g/mol. The molecule has 37 heavy (non-hydrogen) atoms. The number of aliphatic hydroxyl groups is 1. The number of carbonyl (C=O) groups is 1. The molecule has 8 nitrogen and oxygen atoms in total. The number of piperidine rings is 1. The van der Waals surface area contributed by atoms with Crippen molar-refractivity contribution in [2.24, 2.45) is 11.8 Å². The smallest absolute Gasteiger partial charge is 0.303 e. The zero-order valence-electron chi connectivity index (χ0n) is 22.0. The Morgan fingerprint density at radius 3 is 2.86 bits per heavy atom. The highest BCUT2D eigenvalue weighted by Gasteiger charge is 2.30. The van der Waals surface area contributed by atoms with Crippen molar-refractivity contribution < 1.29 is 19.7 Å². The number of unbranched alkanes of at least 4 members (excludes halogenated alkanes) is 1. The van der Waals surface area contributed by atoms with E-state index in [1.165, 1.54) is 5.56 Å². The number of carboxylic acids is 1. The number of hydrogen-bond acceptors (Lipinski definition) is 6. The largest absolute Gasteiger partial charge is 0.497 e. The lowest BCUT2D eigenvalue weighted by atomic mass is 9.79. The summed E-state index contributed by atoms with van der Waals surface area (Å²) in [4.78, 5) is 18.3. The number of rotatable bonds is 13. The summed E-state index contributed by atoms with van der Waals surface area (Å²) in [6, 6.07) is 7.62. The highest BCUT2D eigenvalue weighted by Crippen LogP contribution is 2.35. The molecule has 3 heterocycles. The van der Waals surface area contributed by atoms with E-state index in [-0.39, 0.29) is 6.42 Å². The summed E-state index contributed by atoms with van der Waals surface area (Å²) in [6.45, 7) is 5.05. The Bertz CT molecular complexity index is 1160. The molecular weight excluding hydrogens is 468 g/mol. The Morgan fingerprint density at radius 1 is 1.24 bits per heavy atom. The molecule has 0 bridgehead atoms. The maximum absolute atomic E-state index is 11.3. The van der Waals surface area contributed by atoms with Gasteiger partial charge in [0, 0.05) is 30.7 Å². The van der Waals surface area contributed by atoms with Crippen LogP contribution >= 0.6 is 0 Å². The van der Waals surface area contributed by atoms with Crippen molar-refractivity contribution in [2.75, 3.05) is 26.7 Å². The SMILES string of the molecule is COc1ccc2nccc([C@@H](O)CCC3CCN(CCCCc4c[nH]nc4C)CC3CCC(=O)O)c2c1. The third-order valence-corrected chi connectivity index (χ3v) is 7.96. The Balaban J connectivity index is 1.32. The van der Waals surface area contributed by atoms with Crippen molar-refractivity contribution in [3.63, 3.8) is 0 Å². The summed E-state index contributed by atoms with van der Waals surface area (Å²) in [5.41, 5.74) is 4.08. The van der Waals surface area contributed by atoms with E-state index in [0.717, 1.165) is 79.6 Å². The van der Waals surface area contributed by atoms with Gasteiger partial charge in [0.25, 0.3) is 0 Å². The van der Waals surface area contributed by atoms with E-state index in [1.54, 1.807) is 13.3 Å². The predicted molar refractivity (Wildman–Crippen MR) is 144 cm³/mol. The molecule has 0 radical (unpaired) electrons. The maximum Gasteiger partial charge on any atom is 0.303 e. The molecule has 1 aromatic carbocycles. The van der Waals surface area contributed by atoms with E-state index in [4.69, 9.17) is 4.74 Å². The van der Waals surface area contributed by atoms with Crippen molar-refractivity contribution in [3.05, 3.63) is 53.5 Å². The number of ether oxygens (including phenoxy) is 1. The highest BCUT2D eigenvalue weighted by molar-refractivity contribution is 5.83. The minimum absolute atomic E-state index is 0.201. The van der Waals surface area contributed by atoms with E-state index in [0.29, 0.717) is 24.7 Å². The second kappa shape index (κ2) is 13.0. The van der Waals surface area contributed by atoms with Gasteiger partial charge in [-0.3, -0.25) is 14.9 Å². The minimum Gasteiger partial charge on any atom is -0.497 e. The normalized spacial score (nSPS) is 19.2. The van der Waals surface area contributed by atoms with Crippen molar-refractivity contribution in [3.8, 4) is 5.75 Å². The first-order valence-electron chi connectivity index (χ1n) is 13.5. The molecule has 0 spiro atoms. The average Bonchev–Trinajstić information content (AvgIpc) is 3.32. The first-order valence-corrected chi connectivity index (χ1v) is 13.5. The number of benzene rings is 1. The number of aromatic amines is 1. The van der Waals surface area contributed by atoms with Gasteiger partial charge in [-0.05, 0) is 112 Å². The van der Waals surface area contributed by atoms with Gasteiger partial charge in [-0.25, -0.2) is 0 Å². The van der Waals surface area contributed by atoms with E-state index < -0.39 is 12.1 Å². The predicted octanol–water partition coefficient (Wildman–Crippen LogP) is 4.91. The summed E-state index contributed by atoms with van der Waals surface area (Å²) in [5.74, 6) is 0.766. The van der Waals surface area contributed by atoms with Crippen LogP contribution in [0.2, 0.25) is 0 Å². The molecule has 1 aliphatic rings. The van der Waals surface area contributed by atoms with Crippen LogP contribution in [0.5, 0.6) is 5.75 Å². The molecule has 1 fully saturated rings. The number of nitrogens with one attached hydrogen (secondary N) is 1. The zero-order valence-corrected chi connectivity index (χ0v) is 22.0. The topological polar surface area (TPSA) is 112 Å². The molecule has 3 atom stereocenters. The summed E-state index contributed by atoms with van der Waals surface area (Å²) in [6.07, 6.45) is 9.89. The third-order valence-electron chi connectivity index (χ3n) is 7.96. The molecule has 2 aromatic heterocycles. The molecule has 1 aliphatic heterocycles. The van der Waals surface area contributed by atoms with Crippen molar-refractivity contribution in [2.45, 2.75) is 64.4 Å². The Morgan fingerprint density at radius 2 is 2.11 bits per heavy atom. The summed E-state index contributed by atoms with van der Waals surface area (Å²) < 4.78 is 5.38. The molecule has 1 saturated heterocycles. The quantitative estimate of drug-likeness (QED) is 0.281. The number of fused-ring (bicyclic) bond motifs is 1. The lowest BCUT2D eigenvalue weighted by Gasteiger charge is -2.39. The number of H-pyrrole nitrogens is 1. The van der Waals surface area contributed by atoms with Gasteiger partial charge in [0.1, 0.15) is 5.75 Å². The Kier molecular flexibility index (Phi) is 9.52. The van der Waals surface area contributed by atoms with Gasteiger partial charge in [-0.2, -0.15) is 5.10 Å². The van der Waals surface area contributed by atoms with Gasteiger partial charge in [-0.1, -0.05) is 0 Å². The van der Waals surface area contributed by atoms with E-state index in [9.17, 15) is 15.0 Å². The molecule has 0 amide bonds. The van der Waals surface area contributed by atoms with Crippen LogP contribution in [0.1, 0.15) is 67.9 Å². The van der Waals surface area contributed by atoms with Crippen LogP contribution in [0.4, 0.5) is 0 Å². The number of aliphatic carboxylic acids is 1. The molecular formula is C29H40N4O4. The standard InChI is InChI=1S/C29H40N4O4/c1-20-22(18-31-32-20)5-3-4-15-33-16-13-21(23(19-33)7-11-29(35)36)6-10-28(34)25-12-14-30-27-9-8-24(37-2)17-26(25)27/h8-9,12,14,17-18,21,23,28,34H,3-7,10-11,13,15-16,19H2,1-2H3,(H,31,32)(H,35,36)/t21?,23?,28-/m0/s1. The number of nitrogens with zero attached hydrogens (tertiary/aromatic N) is 3. The van der Waals surface area contributed by atoms with Crippen molar-refractivity contribution in [1.29, 1.82) is 0 Å². The number of carboxylic acid groups (broad SMARTS) is 1. The van der Waals surface area contributed by atoms with Gasteiger partial charge in [-0.15, -0.1) is 0 Å². The molecule has 0 saturated carbocycles. The number of likely N-dealkylation sites (tertiary alicyclic amines) is 1. The molecule has 3 aromatic rings. The van der Waals surface area contributed by atoms with Crippen LogP contribution < -0.4 is 4.74 Å². The molecule has 8 heteroatoms. The minimum atomic E-state index is -0.733. The van der Waals surface area contributed by atoms with Crippen LogP contribution in [0.25, 0.3) is 10.9 Å². The summed E-state index contributed by atoms with van der Waals surface area (Å²) >= 11 is 0. The second-order valence-corrected chi connectivity index (χ2v) is 10.4. The van der Waals surface area contributed by atoms with Crippen molar-refractivity contribution >= 4 is 16.9 Å². The molecule has 3 N–H and O–H groups in total. The molecule has 2 unspecified atom stereocenters. The molecule has 4 rings (SSSR count). The Labute approximate surface area is 219 Å². The van der Waals surface area contributed by atoms with Gasteiger partial charge in [0.05, 0.1) is 24.4 Å². The van der Waals surface area contributed by atoms with Crippen molar-refractivity contribution in [1.82, 2.24) is 20.1 Å². The molecule has 0 aliphatic carbocycles. The van der Waals surface area contributed by atoms with Gasteiger partial charge in [0.15, 0.2) is 0 Å². The lowest BCUT2D eigenvalue weighted by Crippen LogP contribution is -2.41. The fourth-order valence-electron chi connectivity index (χ4n) is 5.75. The maximum atomic E-state index is 11.3. The van der Waals surface area contributed by atoms with Crippen LogP contribution in [0.15, 0.2) is 36.7 Å². The van der Waals surface area contributed by atoms with Crippen LogP contribution in [-0.4, -0.2) is 63.0 Å².